The Hall–Kier alpha value is -2.66. The van der Waals surface area contributed by atoms with Crippen LogP contribution in [0.3, 0.4) is 0 Å². The number of aryl methyl sites for hydroxylation is 2. The van der Waals surface area contributed by atoms with Crippen LogP contribution in [0.4, 0.5) is 0 Å². The summed E-state index contributed by atoms with van der Waals surface area (Å²) >= 11 is 0. The molecule has 1 fully saturated rings. The zero-order valence-corrected chi connectivity index (χ0v) is 16.6. The minimum absolute atomic E-state index is 0.0247. The first-order valence-corrected chi connectivity index (χ1v) is 9.99. The van der Waals surface area contributed by atoms with Crippen molar-refractivity contribution < 1.29 is 9.32 Å². The summed E-state index contributed by atoms with van der Waals surface area (Å²) in [5, 5.41) is 8.31. The maximum Gasteiger partial charge on any atom is 0.226 e. The van der Waals surface area contributed by atoms with Crippen molar-refractivity contribution in [1.82, 2.24) is 15.4 Å². The van der Waals surface area contributed by atoms with Crippen LogP contribution in [0.2, 0.25) is 0 Å². The van der Waals surface area contributed by atoms with Crippen LogP contribution in [-0.2, 0) is 17.8 Å². The van der Waals surface area contributed by atoms with E-state index in [1.807, 2.05) is 26.0 Å². The number of carbonyl (C=O) groups excluding carboxylic acids is 1. The Labute approximate surface area is 165 Å². The highest BCUT2D eigenvalue weighted by atomic mass is 16.5. The van der Waals surface area contributed by atoms with E-state index in [0.29, 0.717) is 0 Å². The number of amides is 1. The van der Waals surface area contributed by atoms with Gasteiger partial charge < -0.3 is 9.84 Å². The predicted octanol–water partition coefficient (Wildman–Crippen LogP) is 3.77. The standard InChI is InChI=1S/C23H27N3O2/c1-16-12-17(2)23-20(25-28-21(23)13-16)14-22(27)24-19-8-10-26(11-9-19)15-18-6-4-3-5-7-18/h3-7,12-13,19H,8-11,14-15H2,1-2H3,(H,24,27). The van der Waals surface area contributed by atoms with Crippen LogP contribution >= 0.6 is 0 Å². The Morgan fingerprint density at radius 3 is 2.68 bits per heavy atom. The van der Waals surface area contributed by atoms with Crippen molar-refractivity contribution >= 4 is 16.9 Å². The summed E-state index contributed by atoms with van der Waals surface area (Å²) in [6.07, 6.45) is 2.23. The Balaban J connectivity index is 1.31. The van der Waals surface area contributed by atoms with Gasteiger partial charge >= 0.3 is 0 Å². The number of rotatable bonds is 5. The monoisotopic (exact) mass is 377 g/mol. The Bertz CT molecular complexity index is 957. The summed E-state index contributed by atoms with van der Waals surface area (Å²) in [6, 6.07) is 14.9. The van der Waals surface area contributed by atoms with Gasteiger partial charge in [-0.05, 0) is 49.4 Å². The third kappa shape index (κ3) is 4.25. The number of nitrogens with one attached hydrogen (secondary N) is 1. The molecule has 28 heavy (non-hydrogen) atoms. The van der Waals surface area contributed by atoms with Gasteiger partial charge in [-0.25, -0.2) is 0 Å². The van der Waals surface area contributed by atoms with Gasteiger partial charge in [0.1, 0.15) is 5.69 Å². The van der Waals surface area contributed by atoms with E-state index in [9.17, 15) is 4.79 Å². The molecule has 3 aromatic rings. The second-order valence-corrected chi connectivity index (χ2v) is 7.86. The van der Waals surface area contributed by atoms with Crippen LogP contribution in [0.5, 0.6) is 0 Å². The molecule has 0 unspecified atom stereocenters. The number of piperidine rings is 1. The molecule has 0 atom stereocenters. The quantitative estimate of drug-likeness (QED) is 0.735. The highest BCUT2D eigenvalue weighted by Crippen LogP contribution is 2.24. The second kappa shape index (κ2) is 8.15. The topological polar surface area (TPSA) is 58.4 Å². The highest BCUT2D eigenvalue weighted by molar-refractivity contribution is 5.88. The van der Waals surface area contributed by atoms with Crippen LogP contribution in [-0.4, -0.2) is 35.1 Å². The molecule has 1 saturated heterocycles. The number of hydrogen-bond donors (Lipinski definition) is 1. The molecular weight excluding hydrogens is 350 g/mol. The SMILES string of the molecule is Cc1cc(C)c2c(CC(=O)NC3CCN(Cc4ccccc4)CC3)noc2c1. The van der Waals surface area contributed by atoms with Gasteiger partial charge in [0.2, 0.25) is 5.91 Å². The molecule has 2 heterocycles. The van der Waals surface area contributed by atoms with Gasteiger partial charge in [0, 0.05) is 31.1 Å². The molecule has 0 saturated carbocycles. The maximum atomic E-state index is 12.6. The first-order chi connectivity index (χ1) is 13.6. The van der Waals surface area contributed by atoms with Gasteiger partial charge in [-0.3, -0.25) is 9.69 Å². The number of benzene rings is 2. The van der Waals surface area contributed by atoms with Crippen LogP contribution < -0.4 is 5.32 Å². The molecule has 1 N–H and O–H groups in total. The van der Waals surface area contributed by atoms with Crippen molar-refractivity contribution in [2.45, 2.75) is 45.7 Å². The van der Waals surface area contributed by atoms with Crippen LogP contribution in [0, 0.1) is 13.8 Å². The lowest BCUT2D eigenvalue weighted by atomic mass is 10.0. The van der Waals surface area contributed by atoms with Gasteiger partial charge in [0.25, 0.3) is 0 Å². The van der Waals surface area contributed by atoms with E-state index in [0.717, 1.165) is 60.3 Å². The molecule has 146 valence electrons. The van der Waals surface area contributed by atoms with Crippen molar-refractivity contribution in [3.8, 4) is 0 Å². The second-order valence-electron chi connectivity index (χ2n) is 7.86. The van der Waals surface area contributed by atoms with Crippen molar-refractivity contribution in [3.05, 3.63) is 64.8 Å². The molecule has 0 bridgehead atoms. The molecule has 1 aliphatic rings. The van der Waals surface area contributed by atoms with E-state index in [-0.39, 0.29) is 18.4 Å². The van der Waals surface area contributed by atoms with Crippen molar-refractivity contribution in [2.24, 2.45) is 0 Å². The lowest BCUT2D eigenvalue weighted by Crippen LogP contribution is -2.44. The zero-order valence-electron chi connectivity index (χ0n) is 16.6. The fourth-order valence-corrected chi connectivity index (χ4v) is 4.15. The maximum absolute atomic E-state index is 12.6. The number of nitrogens with zero attached hydrogens (tertiary/aromatic N) is 2. The number of hydrogen-bond acceptors (Lipinski definition) is 4. The third-order valence-electron chi connectivity index (χ3n) is 5.52. The molecule has 2 aromatic carbocycles. The molecule has 0 radical (unpaired) electrons. The lowest BCUT2D eigenvalue weighted by Gasteiger charge is -2.32. The Kier molecular flexibility index (Phi) is 5.44. The fraction of sp³-hybridized carbons (Fsp3) is 0.391. The highest BCUT2D eigenvalue weighted by Gasteiger charge is 2.22. The predicted molar refractivity (Wildman–Crippen MR) is 110 cm³/mol. The van der Waals surface area contributed by atoms with Crippen LogP contribution in [0.15, 0.2) is 47.0 Å². The van der Waals surface area contributed by atoms with Crippen molar-refractivity contribution in [1.29, 1.82) is 0 Å². The number of aromatic nitrogens is 1. The van der Waals surface area contributed by atoms with Crippen LogP contribution in [0.1, 0.15) is 35.2 Å². The molecule has 4 rings (SSSR count). The smallest absolute Gasteiger partial charge is 0.226 e. The third-order valence-corrected chi connectivity index (χ3v) is 5.52. The van der Waals surface area contributed by atoms with Gasteiger partial charge in [-0.2, -0.15) is 0 Å². The van der Waals surface area contributed by atoms with E-state index in [1.54, 1.807) is 0 Å². The first kappa shape index (κ1) is 18.7. The van der Waals surface area contributed by atoms with E-state index in [1.165, 1.54) is 5.56 Å². The van der Waals surface area contributed by atoms with E-state index < -0.39 is 0 Å². The molecule has 1 aromatic heterocycles. The van der Waals surface area contributed by atoms with Crippen molar-refractivity contribution in [3.63, 3.8) is 0 Å². The average Bonchev–Trinajstić information content (AvgIpc) is 3.07. The van der Waals surface area contributed by atoms with Crippen molar-refractivity contribution in [2.75, 3.05) is 13.1 Å². The Morgan fingerprint density at radius 2 is 1.93 bits per heavy atom. The summed E-state index contributed by atoms with van der Waals surface area (Å²) in [4.78, 5) is 15.0. The van der Waals surface area contributed by atoms with Gasteiger partial charge in [-0.15, -0.1) is 0 Å². The van der Waals surface area contributed by atoms with Gasteiger partial charge in [0.15, 0.2) is 5.58 Å². The normalized spacial score (nSPS) is 15.8. The summed E-state index contributed by atoms with van der Waals surface area (Å²) in [5.74, 6) is 0.0247. The fourth-order valence-electron chi connectivity index (χ4n) is 4.15. The summed E-state index contributed by atoms with van der Waals surface area (Å²) < 4.78 is 5.44. The summed E-state index contributed by atoms with van der Waals surface area (Å²) in [7, 11) is 0. The molecule has 1 aliphatic heterocycles. The molecule has 0 aliphatic carbocycles. The molecular formula is C23H27N3O2. The van der Waals surface area contributed by atoms with E-state index >= 15 is 0 Å². The molecule has 1 amide bonds. The molecule has 5 nitrogen and oxygen atoms in total. The van der Waals surface area contributed by atoms with E-state index in [4.69, 9.17) is 4.52 Å². The number of fused-ring (bicyclic) bond motifs is 1. The molecule has 5 heteroatoms. The zero-order chi connectivity index (χ0) is 19.5. The lowest BCUT2D eigenvalue weighted by molar-refractivity contribution is -0.121. The number of likely N-dealkylation sites (tertiary alicyclic amines) is 1. The first-order valence-electron chi connectivity index (χ1n) is 9.99. The van der Waals surface area contributed by atoms with Crippen LogP contribution in [0.25, 0.3) is 11.0 Å². The minimum Gasteiger partial charge on any atom is -0.356 e. The molecule has 0 spiro atoms. The minimum atomic E-state index is 0.0247. The van der Waals surface area contributed by atoms with Gasteiger partial charge in [-0.1, -0.05) is 41.6 Å². The van der Waals surface area contributed by atoms with Gasteiger partial charge in [0.05, 0.1) is 6.42 Å². The largest absolute Gasteiger partial charge is 0.356 e. The number of carbonyl (C=O) groups is 1. The summed E-state index contributed by atoms with van der Waals surface area (Å²) in [6.45, 7) is 7.06. The average molecular weight is 377 g/mol. The Morgan fingerprint density at radius 1 is 1.18 bits per heavy atom. The summed E-state index contributed by atoms with van der Waals surface area (Å²) in [5.41, 5.74) is 5.07. The van der Waals surface area contributed by atoms with E-state index in [2.05, 4.69) is 45.7 Å².